The summed E-state index contributed by atoms with van der Waals surface area (Å²) in [6, 6.07) is 3.65. The Morgan fingerprint density at radius 2 is 2.05 bits per heavy atom. The normalized spacial score (nSPS) is 25.3. The number of hydrogen-bond acceptors (Lipinski definition) is 3. The first kappa shape index (κ1) is 14.5. The maximum Gasteiger partial charge on any atom is 0.236 e. The van der Waals surface area contributed by atoms with Gasteiger partial charge in [-0.25, -0.2) is 8.78 Å². The number of imide groups is 1. The SMILES string of the molecule is O=C1CC2(CCSC2)C(=O)N1CCc1ccc(F)c(F)c1. The Kier molecular flexibility index (Phi) is 3.73. The van der Waals surface area contributed by atoms with Crippen molar-refractivity contribution >= 4 is 23.6 Å². The minimum Gasteiger partial charge on any atom is -0.282 e. The van der Waals surface area contributed by atoms with E-state index in [0.29, 0.717) is 17.7 Å². The number of nitrogens with zero attached hydrogens (tertiary/aromatic N) is 1. The zero-order valence-corrected chi connectivity index (χ0v) is 12.2. The van der Waals surface area contributed by atoms with Crippen molar-refractivity contribution in [2.24, 2.45) is 5.41 Å². The minimum atomic E-state index is -0.907. The zero-order chi connectivity index (χ0) is 15.0. The minimum absolute atomic E-state index is 0.0971. The van der Waals surface area contributed by atoms with Crippen molar-refractivity contribution in [2.45, 2.75) is 19.3 Å². The largest absolute Gasteiger partial charge is 0.282 e. The predicted molar refractivity (Wildman–Crippen MR) is 75.8 cm³/mol. The highest BCUT2D eigenvalue weighted by atomic mass is 32.2. The van der Waals surface area contributed by atoms with Crippen molar-refractivity contribution in [3.63, 3.8) is 0 Å². The van der Waals surface area contributed by atoms with E-state index >= 15 is 0 Å². The van der Waals surface area contributed by atoms with Crippen LogP contribution in [-0.4, -0.2) is 34.8 Å². The van der Waals surface area contributed by atoms with E-state index < -0.39 is 17.0 Å². The van der Waals surface area contributed by atoms with Gasteiger partial charge in [0.15, 0.2) is 11.6 Å². The number of carbonyl (C=O) groups excluding carboxylic acids is 2. The van der Waals surface area contributed by atoms with Gasteiger partial charge in [0.2, 0.25) is 11.8 Å². The van der Waals surface area contributed by atoms with Crippen molar-refractivity contribution in [2.75, 3.05) is 18.1 Å². The molecule has 21 heavy (non-hydrogen) atoms. The third-order valence-electron chi connectivity index (χ3n) is 4.20. The molecule has 0 radical (unpaired) electrons. The molecule has 3 nitrogen and oxygen atoms in total. The number of carbonyl (C=O) groups is 2. The second-order valence-electron chi connectivity index (χ2n) is 5.61. The average molecular weight is 311 g/mol. The lowest BCUT2D eigenvalue weighted by molar-refractivity contribution is -0.140. The molecular formula is C15H15F2NO2S. The van der Waals surface area contributed by atoms with Gasteiger partial charge in [-0.2, -0.15) is 11.8 Å². The van der Waals surface area contributed by atoms with Crippen LogP contribution in [0.25, 0.3) is 0 Å². The Hall–Kier alpha value is -1.43. The van der Waals surface area contributed by atoms with Gasteiger partial charge in [-0.1, -0.05) is 6.07 Å². The van der Waals surface area contributed by atoms with Crippen LogP contribution >= 0.6 is 11.8 Å². The monoisotopic (exact) mass is 311 g/mol. The lowest BCUT2D eigenvalue weighted by atomic mass is 9.86. The Balaban J connectivity index is 1.69. The summed E-state index contributed by atoms with van der Waals surface area (Å²) in [5.41, 5.74) is 0.0757. The fraction of sp³-hybridized carbons (Fsp3) is 0.467. The lowest BCUT2D eigenvalue weighted by Gasteiger charge is -2.20. The number of thioether (sulfide) groups is 1. The van der Waals surface area contributed by atoms with E-state index in [1.54, 1.807) is 11.8 Å². The molecule has 0 N–H and O–H groups in total. The summed E-state index contributed by atoms with van der Waals surface area (Å²) in [4.78, 5) is 25.8. The number of likely N-dealkylation sites (tertiary alicyclic amines) is 1. The van der Waals surface area contributed by atoms with Gasteiger partial charge in [0.1, 0.15) is 0 Å². The fourth-order valence-corrected chi connectivity index (χ4v) is 4.38. The molecule has 1 aromatic carbocycles. The number of benzene rings is 1. The summed E-state index contributed by atoms with van der Waals surface area (Å²) >= 11 is 1.71. The van der Waals surface area contributed by atoms with Crippen LogP contribution in [0, 0.1) is 17.0 Å². The highest BCUT2D eigenvalue weighted by Gasteiger charge is 2.52. The highest BCUT2D eigenvalue weighted by molar-refractivity contribution is 7.99. The Morgan fingerprint density at radius 1 is 1.24 bits per heavy atom. The standard InChI is InChI=1S/C15H15F2NO2S/c16-11-2-1-10(7-12(11)17)3-5-18-13(19)8-15(14(18)20)4-6-21-9-15/h1-2,7H,3-6,8-9H2. The van der Waals surface area contributed by atoms with Gasteiger partial charge in [0.25, 0.3) is 0 Å². The lowest BCUT2D eigenvalue weighted by Crippen LogP contribution is -2.37. The molecule has 1 atom stereocenters. The molecule has 2 saturated heterocycles. The molecule has 0 saturated carbocycles. The van der Waals surface area contributed by atoms with Crippen LogP contribution in [0.15, 0.2) is 18.2 Å². The van der Waals surface area contributed by atoms with E-state index in [9.17, 15) is 18.4 Å². The highest BCUT2D eigenvalue weighted by Crippen LogP contribution is 2.44. The first-order chi connectivity index (χ1) is 10.0. The predicted octanol–water partition coefficient (Wildman–Crippen LogP) is 2.39. The Labute approximate surface area is 125 Å². The molecular weight excluding hydrogens is 296 g/mol. The molecule has 6 heteroatoms. The van der Waals surface area contributed by atoms with Crippen molar-refractivity contribution < 1.29 is 18.4 Å². The fourth-order valence-electron chi connectivity index (χ4n) is 2.94. The van der Waals surface area contributed by atoms with Gasteiger partial charge in [-0.15, -0.1) is 0 Å². The first-order valence-corrected chi connectivity index (χ1v) is 8.04. The van der Waals surface area contributed by atoms with Gasteiger partial charge in [0.05, 0.1) is 5.41 Å². The number of hydrogen-bond donors (Lipinski definition) is 0. The van der Waals surface area contributed by atoms with Gasteiger partial charge in [0, 0.05) is 18.7 Å². The van der Waals surface area contributed by atoms with Gasteiger partial charge < -0.3 is 0 Å². The van der Waals surface area contributed by atoms with Gasteiger partial charge in [-0.05, 0) is 36.3 Å². The molecule has 0 aromatic heterocycles. The topological polar surface area (TPSA) is 37.4 Å². The van der Waals surface area contributed by atoms with E-state index in [-0.39, 0.29) is 24.8 Å². The molecule has 112 valence electrons. The van der Waals surface area contributed by atoms with E-state index in [4.69, 9.17) is 0 Å². The van der Waals surface area contributed by atoms with Crippen molar-refractivity contribution in [1.29, 1.82) is 0 Å². The van der Waals surface area contributed by atoms with Crippen molar-refractivity contribution in [3.8, 4) is 0 Å². The summed E-state index contributed by atoms with van der Waals surface area (Å²) in [5.74, 6) is -0.427. The summed E-state index contributed by atoms with van der Waals surface area (Å²) in [5, 5.41) is 0. The molecule has 0 bridgehead atoms. The van der Waals surface area contributed by atoms with Crippen LogP contribution in [0.2, 0.25) is 0 Å². The van der Waals surface area contributed by atoms with E-state index in [2.05, 4.69) is 0 Å². The smallest absolute Gasteiger partial charge is 0.236 e. The number of amides is 2. The van der Waals surface area contributed by atoms with Gasteiger partial charge in [-0.3, -0.25) is 14.5 Å². The molecule has 1 spiro atoms. The molecule has 3 rings (SSSR count). The zero-order valence-electron chi connectivity index (χ0n) is 11.4. The third kappa shape index (κ3) is 2.57. The van der Waals surface area contributed by atoms with E-state index in [1.807, 2.05) is 0 Å². The van der Waals surface area contributed by atoms with Gasteiger partial charge >= 0.3 is 0 Å². The van der Waals surface area contributed by atoms with E-state index in [0.717, 1.165) is 24.3 Å². The summed E-state index contributed by atoms with van der Waals surface area (Å²) in [7, 11) is 0. The molecule has 2 fully saturated rings. The maximum atomic E-state index is 13.1. The maximum absolute atomic E-state index is 13.1. The average Bonchev–Trinajstić information content (AvgIpc) is 3.00. The quantitative estimate of drug-likeness (QED) is 0.804. The molecule has 0 aliphatic carbocycles. The van der Waals surface area contributed by atoms with Crippen LogP contribution in [0.5, 0.6) is 0 Å². The Morgan fingerprint density at radius 3 is 2.71 bits per heavy atom. The van der Waals surface area contributed by atoms with Crippen molar-refractivity contribution in [3.05, 3.63) is 35.4 Å². The van der Waals surface area contributed by atoms with E-state index in [1.165, 1.54) is 11.0 Å². The van der Waals surface area contributed by atoms with Crippen LogP contribution < -0.4 is 0 Å². The molecule has 2 amide bonds. The summed E-state index contributed by atoms with van der Waals surface area (Å²) < 4.78 is 26.0. The molecule has 2 aliphatic heterocycles. The van der Waals surface area contributed by atoms with Crippen LogP contribution in [0.1, 0.15) is 18.4 Å². The molecule has 2 aliphatic rings. The first-order valence-electron chi connectivity index (χ1n) is 6.88. The number of halogens is 2. The van der Waals surface area contributed by atoms with Crippen LogP contribution in [0.4, 0.5) is 8.78 Å². The Bertz CT molecular complexity index is 599. The second kappa shape index (κ2) is 5.40. The van der Waals surface area contributed by atoms with Crippen LogP contribution in [-0.2, 0) is 16.0 Å². The summed E-state index contributed by atoms with van der Waals surface area (Å²) in [6.07, 6.45) is 1.39. The molecule has 1 unspecified atom stereocenters. The van der Waals surface area contributed by atoms with Crippen molar-refractivity contribution in [1.82, 2.24) is 4.90 Å². The second-order valence-corrected chi connectivity index (χ2v) is 6.71. The molecule has 1 aromatic rings. The van der Waals surface area contributed by atoms with Crippen LogP contribution in [0.3, 0.4) is 0 Å². The third-order valence-corrected chi connectivity index (χ3v) is 5.45. The molecule has 2 heterocycles. The number of rotatable bonds is 3. The summed E-state index contributed by atoms with van der Waals surface area (Å²) in [6.45, 7) is 0.231.